The quantitative estimate of drug-likeness (QED) is 0.831. The van der Waals surface area contributed by atoms with E-state index < -0.39 is 0 Å². The van der Waals surface area contributed by atoms with Crippen molar-refractivity contribution in [3.05, 3.63) is 28.8 Å². The normalized spacial score (nSPS) is 19.8. The molecule has 4 heteroatoms. The van der Waals surface area contributed by atoms with Gasteiger partial charge in [0, 0.05) is 10.7 Å². The minimum absolute atomic E-state index is 0.0409. The Labute approximate surface area is 100 Å². The Morgan fingerprint density at radius 2 is 2.38 bits per heavy atom. The fourth-order valence-electron chi connectivity index (χ4n) is 1.86. The molecule has 0 saturated carbocycles. The van der Waals surface area contributed by atoms with Gasteiger partial charge in [0.1, 0.15) is 0 Å². The first-order valence-corrected chi connectivity index (χ1v) is 5.85. The number of nitrogens with one attached hydrogen (secondary N) is 2. The molecule has 1 atom stereocenters. The van der Waals surface area contributed by atoms with Gasteiger partial charge < -0.3 is 10.6 Å². The van der Waals surface area contributed by atoms with Crippen molar-refractivity contribution in [2.75, 3.05) is 11.9 Å². The molecule has 16 heavy (non-hydrogen) atoms. The summed E-state index contributed by atoms with van der Waals surface area (Å²) in [6, 6.07) is 5.46. The number of hydrogen-bond donors (Lipinski definition) is 2. The molecule has 3 nitrogen and oxygen atoms in total. The van der Waals surface area contributed by atoms with Crippen LogP contribution >= 0.6 is 11.6 Å². The third kappa shape index (κ3) is 2.54. The van der Waals surface area contributed by atoms with Crippen LogP contribution in [0.4, 0.5) is 5.69 Å². The highest BCUT2D eigenvalue weighted by Gasteiger charge is 2.21. The van der Waals surface area contributed by atoms with Crippen LogP contribution in [0.1, 0.15) is 18.4 Å². The molecule has 0 spiro atoms. The summed E-state index contributed by atoms with van der Waals surface area (Å²) in [6.45, 7) is 2.85. The second-order valence-corrected chi connectivity index (χ2v) is 4.51. The SMILES string of the molecule is Cc1cc(NC(=O)[C@@H]2CCCN2)ccc1Cl. The van der Waals surface area contributed by atoms with Crippen LogP contribution in [-0.4, -0.2) is 18.5 Å². The summed E-state index contributed by atoms with van der Waals surface area (Å²) in [5, 5.41) is 6.78. The lowest BCUT2D eigenvalue weighted by Gasteiger charge is -2.11. The van der Waals surface area contributed by atoms with Crippen LogP contribution < -0.4 is 10.6 Å². The van der Waals surface area contributed by atoms with Gasteiger partial charge in [-0.05, 0) is 50.1 Å². The van der Waals surface area contributed by atoms with Crippen molar-refractivity contribution >= 4 is 23.2 Å². The number of halogens is 1. The number of carbonyl (C=O) groups excluding carboxylic acids is 1. The number of amides is 1. The molecule has 1 aliphatic heterocycles. The van der Waals surface area contributed by atoms with Crippen molar-refractivity contribution in [2.45, 2.75) is 25.8 Å². The summed E-state index contributed by atoms with van der Waals surface area (Å²) in [7, 11) is 0. The molecule has 1 saturated heterocycles. The number of hydrogen-bond acceptors (Lipinski definition) is 2. The zero-order valence-electron chi connectivity index (χ0n) is 9.22. The van der Waals surface area contributed by atoms with Gasteiger partial charge in [0.15, 0.2) is 0 Å². The first-order valence-electron chi connectivity index (χ1n) is 5.47. The average Bonchev–Trinajstić information content (AvgIpc) is 2.77. The van der Waals surface area contributed by atoms with E-state index in [4.69, 9.17) is 11.6 Å². The second-order valence-electron chi connectivity index (χ2n) is 4.10. The molecular weight excluding hydrogens is 224 g/mol. The molecule has 0 bridgehead atoms. The van der Waals surface area contributed by atoms with Gasteiger partial charge in [-0.15, -0.1) is 0 Å². The van der Waals surface area contributed by atoms with Gasteiger partial charge in [-0.25, -0.2) is 0 Å². The molecule has 1 amide bonds. The summed E-state index contributed by atoms with van der Waals surface area (Å²) >= 11 is 5.92. The van der Waals surface area contributed by atoms with Gasteiger partial charge in [-0.2, -0.15) is 0 Å². The van der Waals surface area contributed by atoms with E-state index in [0.29, 0.717) is 0 Å². The fourth-order valence-corrected chi connectivity index (χ4v) is 1.98. The minimum atomic E-state index is -0.0454. The zero-order valence-corrected chi connectivity index (χ0v) is 9.97. The molecule has 1 heterocycles. The molecule has 0 aromatic heterocycles. The summed E-state index contributed by atoms with van der Waals surface area (Å²) in [5.74, 6) is 0.0409. The topological polar surface area (TPSA) is 41.1 Å². The first-order chi connectivity index (χ1) is 7.66. The van der Waals surface area contributed by atoms with Crippen LogP contribution in [0.25, 0.3) is 0 Å². The van der Waals surface area contributed by atoms with E-state index in [9.17, 15) is 4.79 Å². The summed E-state index contributed by atoms with van der Waals surface area (Å²) in [5.41, 5.74) is 1.78. The van der Waals surface area contributed by atoms with Gasteiger partial charge in [0.25, 0.3) is 0 Å². The van der Waals surface area contributed by atoms with Crippen LogP contribution in [0.5, 0.6) is 0 Å². The van der Waals surface area contributed by atoms with Gasteiger partial charge in [-0.3, -0.25) is 4.79 Å². The van der Waals surface area contributed by atoms with Crippen molar-refractivity contribution in [1.82, 2.24) is 5.32 Å². The Morgan fingerprint density at radius 3 is 3.00 bits per heavy atom. The molecule has 1 aromatic rings. The Morgan fingerprint density at radius 1 is 1.56 bits per heavy atom. The number of rotatable bonds is 2. The van der Waals surface area contributed by atoms with Crippen LogP contribution in [0.15, 0.2) is 18.2 Å². The largest absolute Gasteiger partial charge is 0.325 e. The molecule has 1 aliphatic rings. The van der Waals surface area contributed by atoms with E-state index in [-0.39, 0.29) is 11.9 Å². The Kier molecular flexibility index (Phi) is 3.46. The van der Waals surface area contributed by atoms with E-state index in [1.54, 1.807) is 6.07 Å². The zero-order chi connectivity index (χ0) is 11.5. The van der Waals surface area contributed by atoms with Crippen LogP contribution in [0, 0.1) is 6.92 Å². The predicted molar refractivity (Wildman–Crippen MR) is 65.8 cm³/mol. The van der Waals surface area contributed by atoms with Crippen molar-refractivity contribution in [3.8, 4) is 0 Å². The van der Waals surface area contributed by atoms with Crippen molar-refractivity contribution < 1.29 is 4.79 Å². The third-order valence-corrected chi connectivity index (χ3v) is 3.23. The maximum absolute atomic E-state index is 11.8. The van der Waals surface area contributed by atoms with Gasteiger partial charge in [0.2, 0.25) is 5.91 Å². The van der Waals surface area contributed by atoms with Crippen LogP contribution in [0.2, 0.25) is 5.02 Å². The molecular formula is C12H15ClN2O. The number of carbonyl (C=O) groups is 1. The van der Waals surface area contributed by atoms with Crippen molar-refractivity contribution in [2.24, 2.45) is 0 Å². The van der Waals surface area contributed by atoms with Gasteiger partial charge >= 0.3 is 0 Å². The first kappa shape index (κ1) is 11.4. The minimum Gasteiger partial charge on any atom is -0.325 e. The molecule has 2 rings (SSSR count). The van der Waals surface area contributed by atoms with Crippen LogP contribution in [0.3, 0.4) is 0 Å². The van der Waals surface area contributed by atoms with Crippen LogP contribution in [-0.2, 0) is 4.79 Å². The van der Waals surface area contributed by atoms with Gasteiger partial charge in [-0.1, -0.05) is 11.6 Å². The highest BCUT2D eigenvalue weighted by molar-refractivity contribution is 6.31. The lowest BCUT2D eigenvalue weighted by molar-refractivity contribution is -0.117. The van der Waals surface area contributed by atoms with E-state index >= 15 is 0 Å². The lowest BCUT2D eigenvalue weighted by atomic mass is 10.2. The summed E-state index contributed by atoms with van der Waals surface area (Å²) in [4.78, 5) is 11.8. The number of anilines is 1. The van der Waals surface area contributed by atoms with Crippen molar-refractivity contribution in [3.63, 3.8) is 0 Å². The van der Waals surface area contributed by atoms with Crippen molar-refractivity contribution in [1.29, 1.82) is 0 Å². The van der Waals surface area contributed by atoms with E-state index in [2.05, 4.69) is 10.6 Å². The maximum atomic E-state index is 11.8. The molecule has 1 fully saturated rings. The van der Waals surface area contributed by atoms with Gasteiger partial charge in [0.05, 0.1) is 6.04 Å². The lowest BCUT2D eigenvalue weighted by Crippen LogP contribution is -2.35. The highest BCUT2D eigenvalue weighted by atomic mass is 35.5. The Balaban J connectivity index is 2.02. The Hall–Kier alpha value is -1.06. The van der Waals surface area contributed by atoms with E-state index in [1.165, 1.54) is 0 Å². The second kappa shape index (κ2) is 4.85. The van der Waals surface area contributed by atoms with E-state index in [1.807, 2.05) is 19.1 Å². The molecule has 0 unspecified atom stereocenters. The summed E-state index contributed by atoms with van der Waals surface area (Å²) < 4.78 is 0. The smallest absolute Gasteiger partial charge is 0.241 e. The molecule has 86 valence electrons. The predicted octanol–water partition coefficient (Wildman–Crippen LogP) is 2.34. The number of benzene rings is 1. The molecule has 1 aromatic carbocycles. The standard InChI is InChI=1S/C12H15ClN2O/c1-8-7-9(4-5-10(8)13)15-12(16)11-3-2-6-14-11/h4-5,7,11,14H,2-3,6H2,1H3,(H,15,16)/t11-/m0/s1. The fraction of sp³-hybridized carbons (Fsp3) is 0.417. The monoisotopic (exact) mass is 238 g/mol. The Bertz CT molecular complexity index is 400. The molecule has 0 radical (unpaired) electrons. The molecule has 2 N–H and O–H groups in total. The maximum Gasteiger partial charge on any atom is 0.241 e. The number of aryl methyl sites for hydroxylation is 1. The molecule has 0 aliphatic carbocycles. The average molecular weight is 239 g/mol. The highest BCUT2D eigenvalue weighted by Crippen LogP contribution is 2.19. The summed E-state index contributed by atoms with van der Waals surface area (Å²) in [6.07, 6.45) is 1.98. The third-order valence-electron chi connectivity index (χ3n) is 2.80. The van der Waals surface area contributed by atoms with E-state index in [0.717, 1.165) is 35.7 Å².